The molecule has 0 saturated carbocycles. The van der Waals surface area contributed by atoms with E-state index in [1.165, 1.54) is 0 Å². The Balaban J connectivity index is 2.35. The maximum Gasteiger partial charge on any atom is 0.309 e. The first-order valence-corrected chi connectivity index (χ1v) is 4.86. The Kier molecular flexibility index (Phi) is 3.98. The van der Waals surface area contributed by atoms with Crippen LogP contribution in [0.2, 0.25) is 0 Å². The first-order chi connectivity index (χ1) is 6.65. The van der Waals surface area contributed by atoms with Crippen LogP contribution >= 0.6 is 0 Å². The van der Waals surface area contributed by atoms with Crippen LogP contribution in [-0.4, -0.2) is 44.2 Å². The van der Waals surface area contributed by atoms with Gasteiger partial charge in [0, 0.05) is 13.1 Å². The summed E-state index contributed by atoms with van der Waals surface area (Å²) < 4.78 is 4.90. The molecule has 1 fully saturated rings. The van der Waals surface area contributed by atoms with Gasteiger partial charge in [-0.15, -0.1) is 0 Å². The van der Waals surface area contributed by atoms with Gasteiger partial charge in [0.05, 0.1) is 12.5 Å². The summed E-state index contributed by atoms with van der Waals surface area (Å²) in [6, 6.07) is 0. The van der Waals surface area contributed by atoms with E-state index in [2.05, 4.69) is 0 Å². The molecule has 1 aliphatic heterocycles. The average molecular weight is 195 g/mol. The highest BCUT2D eigenvalue weighted by Gasteiger charge is 2.26. The van der Waals surface area contributed by atoms with Crippen LogP contribution in [0.25, 0.3) is 0 Å². The van der Waals surface area contributed by atoms with Crippen LogP contribution in [0.4, 0.5) is 4.79 Å². The number of carbonyl (C=O) groups is 2. The summed E-state index contributed by atoms with van der Waals surface area (Å²) in [4.78, 5) is 23.7. The summed E-state index contributed by atoms with van der Waals surface area (Å²) in [5, 5.41) is 0. The molecule has 2 radical (unpaired) electrons. The lowest BCUT2D eigenvalue weighted by Crippen LogP contribution is -2.40. The van der Waals surface area contributed by atoms with Crippen molar-refractivity contribution >= 4 is 19.6 Å². The lowest BCUT2D eigenvalue weighted by Gasteiger charge is -2.30. The fourth-order valence-corrected chi connectivity index (χ4v) is 1.60. The van der Waals surface area contributed by atoms with Gasteiger partial charge in [-0.2, -0.15) is 0 Å². The molecule has 0 aromatic carbocycles. The van der Waals surface area contributed by atoms with E-state index in [-0.39, 0.29) is 11.9 Å². The minimum Gasteiger partial charge on any atom is -0.466 e. The number of hydrogen-bond acceptors (Lipinski definition) is 3. The van der Waals surface area contributed by atoms with Gasteiger partial charge in [-0.25, -0.2) is 0 Å². The number of nitrogens with zero attached hydrogens (tertiary/aromatic N) is 1. The van der Waals surface area contributed by atoms with E-state index in [1.807, 2.05) is 0 Å². The molecule has 1 saturated heterocycles. The molecule has 1 amide bonds. The number of ether oxygens (including phenoxy) is 1. The highest BCUT2D eigenvalue weighted by molar-refractivity contribution is 6.56. The minimum absolute atomic E-state index is 0.0643. The normalized spacial score (nSPS) is 17.9. The Morgan fingerprint density at radius 3 is 2.43 bits per heavy atom. The molecule has 5 heteroatoms. The molecule has 1 rings (SSSR count). The van der Waals surface area contributed by atoms with Gasteiger partial charge in [-0.05, 0) is 19.8 Å². The molecule has 4 nitrogen and oxygen atoms in total. The third kappa shape index (κ3) is 2.75. The number of hydrogen-bond donors (Lipinski definition) is 0. The molecule has 0 unspecified atom stereocenters. The van der Waals surface area contributed by atoms with Crippen molar-refractivity contribution in [1.82, 2.24) is 4.90 Å². The third-order valence-corrected chi connectivity index (χ3v) is 2.43. The predicted octanol–water partition coefficient (Wildman–Crippen LogP) is 0.550. The molecule has 0 N–H and O–H groups in total. The lowest BCUT2D eigenvalue weighted by atomic mass is 9.95. The van der Waals surface area contributed by atoms with E-state index in [1.54, 1.807) is 11.8 Å². The Morgan fingerprint density at radius 2 is 2.00 bits per heavy atom. The summed E-state index contributed by atoms with van der Waals surface area (Å²) in [7, 11) is 5.12. The highest BCUT2D eigenvalue weighted by Crippen LogP contribution is 2.18. The van der Waals surface area contributed by atoms with E-state index in [0.717, 1.165) is 0 Å². The van der Waals surface area contributed by atoms with Crippen molar-refractivity contribution in [2.24, 2.45) is 5.92 Å². The van der Waals surface area contributed by atoms with Crippen molar-refractivity contribution in [3.05, 3.63) is 0 Å². The summed E-state index contributed by atoms with van der Waals surface area (Å²) in [6.45, 7) is 3.31. The molecule has 0 spiro atoms. The Labute approximate surface area is 85.0 Å². The second kappa shape index (κ2) is 5.03. The zero-order valence-electron chi connectivity index (χ0n) is 8.36. The molecule has 0 aromatic rings. The van der Waals surface area contributed by atoms with E-state index in [9.17, 15) is 9.59 Å². The number of rotatable bonds is 2. The van der Waals surface area contributed by atoms with E-state index >= 15 is 0 Å². The van der Waals surface area contributed by atoms with Gasteiger partial charge in [0.25, 0.3) is 0 Å². The number of amides is 1. The average Bonchev–Trinajstić information content (AvgIpc) is 2.18. The van der Waals surface area contributed by atoms with Gasteiger partial charge in [0.15, 0.2) is 5.81 Å². The first-order valence-electron chi connectivity index (χ1n) is 4.86. The predicted molar refractivity (Wildman–Crippen MR) is 52.1 cm³/mol. The van der Waals surface area contributed by atoms with Crippen molar-refractivity contribution < 1.29 is 14.3 Å². The standard InChI is InChI=1S/C9H14BNO3/c1-2-14-8(12)7-3-5-11(6-4-7)9(10)13/h7H,2-6H2,1H3. The van der Waals surface area contributed by atoms with Crippen LogP contribution in [0.15, 0.2) is 0 Å². The number of carbonyl (C=O) groups excluding carboxylic acids is 2. The molecule has 76 valence electrons. The zero-order valence-corrected chi connectivity index (χ0v) is 8.36. The lowest BCUT2D eigenvalue weighted by molar-refractivity contribution is -0.149. The van der Waals surface area contributed by atoms with Crippen molar-refractivity contribution in [3.8, 4) is 0 Å². The SMILES string of the molecule is [B]C(=O)N1CCC(C(=O)OCC)CC1. The molecule has 0 bridgehead atoms. The largest absolute Gasteiger partial charge is 0.466 e. The van der Waals surface area contributed by atoms with Crippen molar-refractivity contribution in [2.45, 2.75) is 19.8 Å². The molecule has 0 atom stereocenters. The number of likely N-dealkylation sites (tertiary alicyclic amines) is 1. The molecular weight excluding hydrogens is 181 g/mol. The maximum absolute atomic E-state index is 11.3. The van der Waals surface area contributed by atoms with Crippen molar-refractivity contribution in [2.75, 3.05) is 19.7 Å². The van der Waals surface area contributed by atoms with Crippen LogP contribution in [0.3, 0.4) is 0 Å². The monoisotopic (exact) mass is 195 g/mol. The molecule has 1 heterocycles. The molecular formula is C9H14BNO3. The number of esters is 1. The van der Waals surface area contributed by atoms with Gasteiger partial charge in [0.2, 0.25) is 7.85 Å². The second-order valence-electron chi connectivity index (χ2n) is 3.35. The topological polar surface area (TPSA) is 46.6 Å². The van der Waals surface area contributed by atoms with E-state index < -0.39 is 5.81 Å². The zero-order chi connectivity index (χ0) is 10.6. The molecule has 0 aromatic heterocycles. The first kappa shape index (κ1) is 11.1. The van der Waals surface area contributed by atoms with Gasteiger partial charge < -0.3 is 9.64 Å². The van der Waals surface area contributed by atoms with Gasteiger partial charge >= 0.3 is 5.97 Å². The summed E-state index contributed by atoms with van der Waals surface area (Å²) in [5.74, 6) is -0.630. The fraction of sp³-hybridized carbons (Fsp3) is 0.778. The van der Waals surface area contributed by atoms with E-state index in [0.29, 0.717) is 32.5 Å². The van der Waals surface area contributed by atoms with Crippen LogP contribution in [-0.2, 0) is 9.53 Å². The minimum atomic E-state index is -0.410. The van der Waals surface area contributed by atoms with Gasteiger partial charge in [-0.3, -0.25) is 9.59 Å². The number of piperidine rings is 1. The van der Waals surface area contributed by atoms with E-state index in [4.69, 9.17) is 12.6 Å². The van der Waals surface area contributed by atoms with Crippen LogP contribution in [0.5, 0.6) is 0 Å². The van der Waals surface area contributed by atoms with Gasteiger partial charge in [0.1, 0.15) is 0 Å². The summed E-state index contributed by atoms with van der Waals surface area (Å²) >= 11 is 0. The molecule has 14 heavy (non-hydrogen) atoms. The Hall–Kier alpha value is -0.995. The Bertz CT molecular complexity index is 224. The molecule has 1 aliphatic rings. The fourth-order valence-electron chi connectivity index (χ4n) is 1.60. The smallest absolute Gasteiger partial charge is 0.309 e. The third-order valence-electron chi connectivity index (χ3n) is 2.43. The molecule has 0 aliphatic carbocycles. The highest BCUT2D eigenvalue weighted by atomic mass is 16.5. The summed E-state index contributed by atoms with van der Waals surface area (Å²) in [6.07, 6.45) is 1.31. The van der Waals surface area contributed by atoms with Crippen molar-refractivity contribution in [1.29, 1.82) is 0 Å². The quantitative estimate of drug-likeness (QED) is 0.477. The van der Waals surface area contributed by atoms with Crippen LogP contribution < -0.4 is 0 Å². The van der Waals surface area contributed by atoms with Crippen LogP contribution in [0.1, 0.15) is 19.8 Å². The summed E-state index contributed by atoms with van der Waals surface area (Å²) in [5.41, 5.74) is 0. The second-order valence-corrected chi connectivity index (χ2v) is 3.35. The van der Waals surface area contributed by atoms with Crippen molar-refractivity contribution in [3.63, 3.8) is 0 Å². The maximum atomic E-state index is 11.3. The van der Waals surface area contributed by atoms with Crippen LogP contribution in [0, 0.1) is 5.92 Å². The van der Waals surface area contributed by atoms with Gasteiger partial charge in [-0.1, -0.05) is 0 Å². The Morgan fingerprint density at radius 1 is 1.43 bits per heavy atom.